The molecule has 2 aliphatic heterocycles. The summed E-state index contributed by atoms with van der Waals surface area (Å²) in [5, 5.41) is 3.55. The molecule has 0 bridgehead atoms. The molecule has 8 heteroatoms. The van der Waals surface area contributed by atoms with Crippen LogP contribution in [0, 0.1) is 0 Å². The smallest absolute Gasteiger partial charge is 0.407 e. The summed E-state index contributed by atoms with van der Waals surface area (Å²) >= 11 is 0. The lowest BCUT2D eigenvalue weighted by atomic mass is 9.91. The van der Waals surface area contributed by atoms with E-state index in [-0.39, 0.29) is 5.91 Å². The first-order chi connectivity index (χ1) is 13.9. The van der Waals surface area contributed by atoms with Gasteiger partial charge < -0.3 is 24.1 Å². The summed E-state index contributed by atoms with van der Waals surface area (Å²) in [4.78, 5) is 37.6. The van der Waals surface area contributed by atoms with E-state index in [2.05, 4.69) is 5.32 Å². The van der Waals surface area contributed by atoms with E-state index in [1.807, 2.05) is 13.0 Å². The Bertz CT molecular complexity index is 1010. The molecule has 2 saturated heterocycles. The Morgan fingerprint density at radius 1 is 1.28 bits per heavy atom. The average molecular weight is 400 g/mol. The predicted octanol–water partition coefficient (Wildman–Crippen LogP) is 2.22. The molecule has 3 heterocycles. The van der Waals surface area contributed by atoms with Gasteiger partial charge in [-0.05, 0) is 31.0 Å². The molecule has 8 nitrogen and oxygen atoms in total. The van der Waals surface area contributed by atoms with Crippen LogP contribution in [0.4, 0.5) is 4.79 Å². The highest BCUT2D eigenvalue weighted by Crippen LogP contribution is 2.30. The third kappa shape index (κ3) is 3.79. The highest BCUT2D eigenvalue weighted by molar-refractivity contribution is 5.83. The van der Waals surface area contributed by atoms with Crippen LogP contribution in [0.15, 0.2) is 33.5 Å². The molecule has 2 aliphatic rings. The number of carbonyl (C=O) groups excluding carboxylic acids is 2. The molecular formula is C21H24N2O6. The van der Waals surface area contributed by atoms with Gasteiger partial charge in [0.15, 0.2) is 6.10 Å². The number of aryl methyl sites for hydroxylation is 1. The maximum atomic E-state index is 12.8. The molecule has 0 saturated carbocycles. The van der Waals surface area contributed by atoms with Crippen LogP contribution in [0.5, 0.6) is 5.75 Å². The lowest BCUT2D eigenvalue weighted by molar-refractivity contribution is -0.141. The summed E-state index contributed by atoms with van der Waals surface area (Å²) in [7, 11) is 0. The van der Waals surface area contributed by atoms with E-state index in [1.165, 1.54) is 6.07 Å². The summed E-state index contributed by atoms with van der Waals surface area (Å²) < 4.78 is 16.5. The van der Waals surface area contributed by atoms with E-state index in [4.69, 9.17) is 13.9 Å². The van der Waals surface area contributed by atoms with Gasteiger partial charge in [0.2, 0.25) is 0 Å². The Kier molecular flexibility index (Phi) is 4.94. The fourth-order valence-corrected chi connectivity index (χ4v) is 4.00. The minimum atomic E-state index is -0.688. The van der Waals surface area contributed by atoms with E-state index in [0.717, 1.165) is 17.4 Å². The first-order valence-electron chi connectivity index (χ1n) is 9.88. The highest BCUT2D eigenvalue weighted by Gasteiger charge is 2.44. The number of piperidine rings is 1. The fourth-order valence-electron chi connectivity index (χ4n) is 4.00. The number of likely N-dealkylation sites (tertiary alicyclic amines) is 1. The van der Waals surface area contributed by atoms with Gasteiger partial charge in [-0.3, -0.25) is 4.79 Å². The SMILES string of the molecule is CCc1cc(=O)oc2cc(OC(C)C(=O)N3CCC4(CC3)CNC(=O)O4)ccc12. The van der Waals surface area contributed by atoms with Crippen LogP contribution < -0.4 is 15.7 Å². The van der Waals surface area contributed by atoms with Gasteiger partial charge in [-0.15, -0.1) is 0 Å². The number of nitrogens with one attached hydrogen (secondary N) is 1. The molecule has 1 unspecified atom stereocenters. The molecule has 1 N–H and O–H groups in total. The van der Waals surface area contributed by atoms with Gasteiger partial charge in [-0.2, -0.15) is 0 Å². The van der Waals surface area contributed by atoms with Crippen LogP contribution in [-0.2, 0) is 16.0 Å². The number of ether oxygens (including phenoxy) is 2. The molecule has 2 fully saturated rings. The number of amides is 2. The van der Waals surface area contributed by atoms with Crippen LogP contribution in [0.1, 0.15) is 32.3 Å². The minimum Gasteiger partial charge on any atom is -0.481 e. The third-order valence-corrected chi connectivity index (χ3v) is 5.69. The zero-order chi connectivity index (χ0) is 20.6. The second kappa shape index (κ2) is 7.42. The van der Waals surface area contributed by atoms with E-state index >= 15 is 0 Å². The van der Waals surface area contributed by atoms with Gasteiger partial charge in [-0.1, -0.05) is 6.92 Å². The molecule has 4 rings (SSSR count). The van der Waals surface area contributed by atoms with Crippen molar-refractivity contribution in [1.29, 1.82) is 0 Å². The molecule has 1 spiro atoms. The van der Waals surface area contributed by atoms with Gasteiger partial charge in [-0.25, -0.2) is 9.59 Å². The number of rotatable bonds is 4. The third-order valence-electron chi connectivity index (χ3n) is 5.69. The standard InChI is InChI=1S/C21H24N2O6/c1-3-14-10-18(24)28-17-11-15(4-5-16(14)17)27-13(2)19(25)23-8-6-21(7-9-23)12-22-20(26)29-21/h4-5,10-11,13H,3,6-9,12H2,1-2H3,(H,22,26). The first-order valence-corrected chi connectivity index (χ1v) is 9.88. The van der Waals surface area contributed by atoms with E-state index in [9.17, 15) is 14.4 Å². The maximum Gasteiger partial charge on any atom is 0.407 e. The van der Waals surface area contributed by atoms with Crippen molar-refractivity contribution in [3.63, 3.8) is 0 Å². The summed E-state index contributed by atoms with van der Waals surface area (Å²) in [5.74, 6) is 0.346. The molecular weight excluding hydrogens is 376 g/mol. The minimum absolute atomic E-state index is 0.124. The number of hydrogen-bond acceptors (Lipinski definition) is 6. The van der Waals surface area contributed by atoms with Crippen LogP contribution >= 0.6 is 0 Å². The van der Waals surface area contributed by atoms with Crippen LogP contribution in [-0.4, -0.2) is 48.2 Å². The molecule has 2 amide bonds. The number of carbonyl (C=O) groups is 2. The Labute approximate surface area is 167 Å². The molecule has 1 aromatic carbocycles. The maximum absolute atomic E-state index is 12.8. The number of fused-ring (bicyclic) bond motifs is 1. The van der Waals surface area contributed by atoms with Crippen molar-refractivity contribution in [2.45, 2.75) is 44.8 Å². The lowest BCUT2D eigenvalue weighted by Gasteiger charge is -2.38. The largest absolute Gasteiger partial charge is 0.481 e. The topological polar surface area (TPSA) is 98.1 Å². The normalized spacial score (nSPS) is 19.1. The predicted molar refractivity (Wildman–Crippen MR) is 105 cm³/mol. The summed E-state index contributed by atoms with van der Waals surface area (Å²) in [6.45, 7) is 5.18. The summed E-state index contributed by atoms with van der Waals surface area (Å²) in [6, 6.07) is 6.76. The van der Waals surface area contributed by atoms with Crippen molar-refractivity contribution in [2.75, 3.05) is 19.6 Å². The number of alkyl carbamates (subject to hydrolysis) is 1. The van der Waals surface area contributed by atoms with Crippen molar-refractivity contribution in [2.24, 2.45) is 0 Å². The van der Waals surface area contributed by atoms with Crippen molar-refractivity contribution < 1.29 is 23.5 Å². The Morgan fingerprint density at radius 2 is 2.03 bits per heavy atom. The van der Waals surface area contributed by atoms with Gasteiger partial charge in [0.25, 0.3) is 5.91 Å². The van der Waals surface area contributed by atoms with Crippen molar-refractivity contribution in [1.82, 2.24) is 10.2 Å². The lowest BCUT2D eigenvalue weighted by Crippen LogP contribution is -2.51. The highest BCUT2D eigenvalue weighted by atomic mass is 16.6. The molecule has 154 valence electrons. The van der Waals surface area contributed by atoms with Crippen LogP contribution in [0.25, 0.3) is 11.0 Å². The Morgan fingerprint density at radius 3 is 2.69 bits per heavy atom. The molecule has 0 aliphatic carbocycles. The van der Waals surface area contributed by atoms with Crippen LogP contribution in [0.3, 0.4) is 0 Å². The van der Waals surface area contributed by atoms with Crippen LogP contribution in [0.2, 0.25) is 0 Å². The van der Waals surface area contributed by atoms with Gasteiger partial charge in [0, 0.05) is 43.5 Å². The van der Waals surface area contributed by atoms with E-state index in [1.54, 1.807) is 24.0 Å². The fraction of sp³-hybridized carbons (Fsp3) is 0.476. The zero-order valence-electron chi connectivity index (χ0n) is 16.5. The first kappa shape index (κ1) is 19.3. The summed E-state index contributed by atoms with van der Waals surface area (Å²) in [5.41, 5.74) is 0.461. The van der Waals surface area contributed by atoms with Crippen molar-refractivity contribution in [3.05, 3.63) is 40.2 Å². The Hall–Kier alpha value is -3.03. The molecule has 29 heavy (non-hydrogen) atoms. The number of benzene rings is 1. The molecule has 2 aromatic rings. The van der Waals surface area contributed by atoms with E-state index in [0.29, 0.717) is 43.8 Å². The quantitative estimate of drug-likeness (QED) is 0.791. The summed E-state index contributed by atoms with van der Waals surface area (Å²) in [6.07, 6.45) is 0.844. The number of hydrogen-bond donors (Lipinski definition) is 1. The molecule has 0 radical (unpaired) electrons. The second-order valence-corrected chi connectivity index (χ2v) is 7.61. The van der Waals surface area contributed by atoms with Crippen molar-refractivity contribution >= 4 is 23.0 Å². The van der Waals surface area contributed by atoms with Gasteiger partial charge >= 0.3 is 11.7 Å². The molecule has 1 aromatic heterocycles. The van der Waals surface area contributed by atoms with E-state index < -0.39 is 23.4 Å². The monoisotopic (exact) mass is 400 g/mol. The Balaban J connectivity index is 1.42. The molecule has 1 atom stereocenters. The van der Waals surface area contributed by atoms with Crippen molar-refractivity contribution in [3.8, 4) is 5.75 Å². The zero-order valence-corrected chi connectivity index (χ0v) is 16.5. The second-order valence-electron chi connectivity index (χ2n) is 7.61. The van der Waals surface area contributed by atoms with Gasteiger partial charge in [0.1, 0.15) is 16.9 Å². The average Bonchev–Trinajstić information content (AvgIpc) is 3.07. The number of nitrogens with zero attached hydrogens (tertiary/aromatic N) is 1. The van der Waals surface area contributed by atoms with Gasteiger partial charge in [0.05, 0.1) is 6.54 Å².